The van der Waals surface area contributed by atoms with Crippen LogP contribution in [-0.2, 0) is 9.59 Å². The predicted octanol–water partition coefficient (Wildman–Crippen LogP) is 3.54. The van der Waals surface area contributed by atoms with E-state index in [-0.39, 0.29) is 29.3 Å². The molecule has 0 aromatic heterocycles. The number of likely N-dealkylation sites (tertiary alicyclic amines) is 1. The minimum absolute atomic E-state index is 0.0221. The molecule has 0 spiro atoms. The summed E-state index contributed by atoms with van der Waals surface area (Å²) in [5.74, 6) is 2.65. The van der Waals surface area contributed by atoms with Crippen LogP contribution in [0.2, 0.25) is 0 Å². The van der Waals surface area contributed by atoms with E-state index >= 15 is 0 Å². The number of Topliss-reactive ketones (excluding diaryl/α,β-unsaturated/α-hetero) is 1. The van der Waals surface area contributed by atoms with Crippen molar-refractivity contribution < 1.29 is 14.7 Å². The lowest BCUT2D eigenvalue weighted by molar-refractivity contribution is -0.139. The van der Waals surface area contributed by atoms with Gasteiger partial charge < -0.3 is 10.0 Å². The highest BCUT2D eigenvalue weighted by Crippen LogP contribution is 2.66. The summed E-state index contributed by atoms with van der Waals surface area (Å²) in [6.45, 7) is 6.95. The van der Waals surface area contributed by atoms with Crippen LogP contribution in [-0.4, -0.2) is 34.8 Å². The number of aliphatic hydroxyl groups excluding tert-OH is 1. The number of hydrogen-bond acceptors (Lipinski definition) is 3. The second-order valence-corrected chi connectivity index (χ2v) is 9.67. The van der Waals surface area contributed by atoms with E-state index in [1.165, 1.54) is 12.1 Å². The highest BCUT2D eigenvalue weighted by Gasteiger charge is 2.60. The highest BCUT2D eigenvalue weighted by atomic mass is 16.3. The van der Waals surface area contributed by atoms with Crippen LogP contribution in [0.4, 0.5) is 0 Å². The molecule has 2 saturated carbocycles. The van der Waals surface area contributed by atoms with Crippen LogP contribution in [0, 0.1) is 34.5 Å². The summed E-state index contributed by atoms with van der Waals surface area (Å²) in [6, 6.07) is 0. The van der Waals surface area contributed by atoms with Gasteiger partial charge in [0.05, 0.1) is 6.61 Å². The average molecular weight is 360 g/mol. The number of carbonyl (C=O) groups is 2. The lowest BCUT2D eigenvalue weighted by Crippen LogP contribution is -2.54. The van der Waals surface area contributed by atoms with Gasteiger partial charge in [-0.25, -0.2) is 0 Å². The zero-order valence-electron chi connectivity index (χ0n) is 16.5. The zero-order chi connectivity index (χ0) is 18.7. The Hall–Kier alpha value is -1.16. The molecule has 144 valence electrons. The summed E-state index contributed by atoms with van der Waals surface area (Å²) in [6.07, 6.45) is 9.39. The van der Waals surface area contributed by atoms with Crippen molar-refractivity contribution in [2.75, 3.05) is 13.2 Å². The van der Waals surface area contributed by atoms with Gasteiger partial charge in [0.1, 0.15) is 5.78 Å². The van der Waals surface area contributed by atoms with Crippen LogP contribution in [0.3, 0.4) is 0 Å². The fourth-order valence-electron chi connectivity index (χ4n) is 7.46. The molecule has 0 unspecified atom stereocenters. The minimum Gasteiger partial charge on any atom is -0.395 e. The van der Waals surface area contributed by atoms with E-state index in [1.54, 1.807) is 6.92 Å². The Morgan fingerprint density at radius 2 is 2.00 bits per heavy atom. The largest absolute Gasteiger partial charge is 0.395 e. The molecule has 0 radical (unpaired) electrons. The second kappa shape index (κ2) is 6.19. The standard InChI is InChI=1S/C22H33NO3/c1-14(25)16-5-6-17-15-4-7-19-22(3,18(15)8-10-21(16,17)2)11-9-20(26)23(19)12-13-24/h7,15-18,24H,4-6,8-13H2,1-3H3/t15-,16-,17-,18-,21-,22-/m1/s1. The van der Waals surface area contributed by atoms with Gasteiger partial charge in [-0.2, -0.15) is 0 Å². The zero-order valence-corrected chi connectivity index (χ0v) is 16.5. The summed E-state index contributed by atoms with van der Waals surface area (Å²) < 4.78 is 0. The van der Waals surface area contributed by atoms with Crippen molar-refractivity contribution in [1.29, 1.82) is 0 Å². The van der Waals surface area contributed by atoms with Crippen LogP contribution >= 0.6 is 0 Å². The number of rotatable bonds is 3. The number of fused-ring (bicyclic) bond motifs is 5. The number of piperidine rings is 1. The molecule has 4 nitrogen and oxygen atoms in total. The molecule has 0 aromatic carbocycles. The van der Waals surface area contributed by atoms with E-state index in [2.05, 4.69) is 19.9 Å². The van der Waals surface area contributed by atoms with Gasteiger partial charge in [-0.05, 0) is 68.6 Å². The molecule has 4 aliphatic rings. The molecule has 0 bridgehead atoms. The third-order valence-electron chi connectivity index (χ3n) is 8.69. The molecule has 26 heavy (non-hydrogen) atoms. The van der Waals surface area contributed by atoms with Crippen LogP contribution in [0.1, 0.15) is 65.7 Å². The first kappa shape index (κ1) is 18.2. The first-order valence-electron chi connectivity index (χ1n) is 10.4. The first-order valence-corrected chi connectivity index (χ1v) is 10.4. The lowest BCUT2D eigenvalue weighted by atomic mass is 9.49. The summed E-state index contributed by atoms with van der Waals surface area (Å²) in [5, 5.41) is 9.43. The summed E-state index contributed by atoms with van der Waals surface area (Å²) in [4.78, 5) is 26.5. The normalized spacial score (nSPS) is 44.8. The number of hydrogen-bond donors (Lipinski definition) is 1. The Morgan fingerprint density at radius 3 is 2.69 bits per heavy atom. The van der Waals surface area contributed by atoms with Gasteiger partial charge >= 0.3 is 0 Å². The van der Waals surface area contributed by atoms with E-state index in [4.69, 9.17) is 0 Å². The molecule has 1 amide bonds. The second-order valence-electron chi connectivity index (χ2n) is 9.67. The van der Waals surface area contributed by atoms with Gasteiger partial charge in [0.15, 0.2) is 0 Å². The number of ketones is 1. The quantitative estimate of drug-likeness (QED) is 0.838. The van der Waals surface area contributed by atoms with Crippen molar-refractivity contribution in [3.63, 3.8) is 0 Å². The minimum atomic E-state index is 0.0221. The molecule has 1 heterocycles. The van der Waals surface area contributed by atoms with Crippen LogP contribution in [0.25, 0.3) is 0 Å². The summed E-state index contributed by atoms with van der Waals surface area (Å²) in [5.41, 5.74) is 1.39. The van der Waals surface area contributed by atoms with Crippen molar-refractivity contribution in [1.82, 2.24) is 4.90 Å². The van der Waals surface area contributed by atoms with E-state index in [0.717, 1.165) is 32.1 Å². The number of β-amino-alcohol motifs (C(OH)–C–C–N with tert-alkyl or cyclic N) is 1. The summed E-state index contributed by atoms with van der Waals surface area (Å²) in [7, 11) is 0. The molecule has 0 aromatic rings. The average Bonchev–Trinajstić information content (AvgIpc) is 2.95. The highest BCUT2D eigenvalue weighted by molar-refractivity contribution is 5.80. The fourth-order valence-corrected chi connectivity index (χ4v) is 7.46. The Bertz CT molecular complexity index is 656. The Kier molecular flexibility index (Phi) is 4.33. The third-order valence-corrected chi connectivity index (χ3v) is 8.69. The van der Waals surface area contributed by atoms with Crippen molar-refractivity contribution in [2.45, 2.75) is 65.7 Å². The number of nitrogens with zero attached hydrogens (tertiary/aromatic N) is 1. The monoisotopic (exact) mass is 359 g/mol. The maximum Gasteiger partial charge on any atom is 0.226 e. The van der Waals surface area contributed by atoms with Crippen molar-refractivity contribution >= 4 is 11.7 Å². The molecule has 6 atom stereocenters. The topological polar surface area (TPSA) is 57.6 Å². The number of aliphatic hydroxyl groups is 1. The molecule has 3 fully saturated rings. The van der Waals surface area contributed by atoms with Gasteiger partial charge in [-0.3, -0.25) is 9.59 Å². The van der Waals surface area contributed by atoms with Gasteiger partial charge in [0.25, 0.3) is 0 Å². The van der Waals surface area contributed by atoms with Crippen molar-refractivity contribution in [3.8, 4) is 0 Å². The predicted molar refractivity (Wildman–Crippen MR) is 100 cm³/mol. The molecule has 4 heteroatoms. The Balaban J connectivity index is 1.68. The third kappa shape index (κ3) is 2.37. The molecular weight excluding hydrogens is 326 g/mol. The smallest absolute Gasteiger partial charge is 0.226 e. The maximum absolute atomic E-state index is 12.4. The van der Waals surface area contributed by atoms with Crippen molar-refractivity contribution in [2.24, 2.45) is 34.5 Å². The van der Waals surface area contributed by atoms with Gasteiger partial charge in [-0.1, -0.05) is 19.9 Å². The van der Waals surface area contributed by atoms with E-state index < -0.39 is 0 Å². The number of amides is 1. The van der Waals surface area contributed by atoms with Gasteiger partial charge in [0, 0.05) is 30.0 Å². The van der Waals surface area contributed by atoms with Gasteiger partial charge in [-0.15, -0.1) is 0 Å². The number of carbonyl (C=O) groups excluding carboxylic acids is 2. The Morgan fingerprint density at radius 1 is 1.23 bits per heavy atom. The van der Waals surface area contributed by atoms with E-state index in [1.807, 2.05) is 4.90 Å². The summed E-state index contributed by atoms with van der Waals surface area (Å²) >= 11 is 0. The van der Waals surface area contributed by atoms with Crippen molar-refractivity contribution in [3.05, 3.63) is 11.8 Å². The van der Waals surface area contributed by atoms with Crippen LogP contribution in [0.5, 0.6) is 0 Å². The molecule has 1 aliphatic heterocycles. The molecule has 1 saturated heterocycles. The number of allylic oxidation sites excluding steroid dienone is 2. The first-order chi connectivity index (χ1) is 12.3. The van der Waals surface area contributed by atoms with E-state index in [0.29, 0.717) is 36.5 Å². The fraction of sp³-hybridized carbons (Fsp3) is 0.818. The molecule has 4 rings (SSSR count). The maximum atomic E-state index is 12.4. The molecule has 3 aliphatic carbocycles. The lowest BCUT2D eigenvalue weighted by Gasteiger charge is -2.58. The van der Waals surface area contributed by atoms with Crippen LogP contribution in [0.15, 0.2) is 11.8 Å². The Labute approximate surface area is 157 Å². The SMILES string of the molecule is CC(=O)[C@H]1CC[C@@H]2[C@H]3CC=C4N(CCO)C(=O)CC[C@]4(C)[C@@H]3CC[C@]12C. The molecule has 1 N–H and O–H groups in total. The van der Waals surface area contributed by atoms with Crippen LogP contribution < -0.4 is 0 Å². The van der Waals surface area contributed by atoms with E-state index in [9.17, 15) is 14.7 Å². The van der Waals surface area contributed by atoms with Gasteiger partial charge in [0.2, 0.25) is 5.91 Å². The molecular formula is C22H33NO3.